The van der Waals surface area contributed by atoms with E-state index < -0.39 is 17.7 Å². The Morgan fingerprint density at radius 1 is 1.37 bits per heavy atom. The largest absolute Gasteiger partial charge is 0.435 e. The summed E-state index contributed by atoms with van der Waals surface area (Å²) in [5, 5.41) is 9.56. The van der Waals surface area contributed by atoms with E-state index in [2.05, 4.69) is 20.9 Å². The second-order valence-electron chi connectivity index (χ2n) is 3.88. The number of pyridine rings is 1. The second kappa shape index (κ2) is 5.63. The summed E-state index contributed by atoms with van der Waals surface area (Å²) in [5.41, 5.74) is 0.391. The molecule has 1 aromatic heterocycles. The minimum absolute atomic E-state index is 0.0360. The molecule has 3 nitrogen and oxygen atoms in total. The van der Waals surface area contributed by atoms with Gasteiger partial charge in [-0.1, -0.05) is 15.9 Å². The van der Waals surface area contributed by atoms with Crippen molar-refractivity contribution in [1.29, 1.82) is 0 Å². The van der Waals surface area contributed by atoms with Crippen LogP contribution in [0.25, 0.3) is 0 Å². The van der Waals surface area contributed by atoms with Crippen molar-refractivity contribution in [2.45, 2.75) is 13.0 Å². The number of aromatic nitrogens is 1. The highest BCUT2D eigenvalue weighted by molar-refractivity contribution is 9.10. The van der Waals surface area contributed by atoms with Gasteiger partial charge in [-0.3, -0.25) is 0 Å². The van der Waals surface area contributed by atoms with Gasteiger partial charge >= 0.3 is 0 Å². The van der Waals surface area contributed by atoms with Crippen molar-refractivity contribution >= 4 is 15.9 Å². The predicted octanol–water partition coefficient (Wildman–Crippen LogP) is 3.97. The maximum absolute atomic E-state index is 13.6. The van der Waals surface area contributed by atoms with Crippen LogP contribution in [0.2, 0.25) is 0 Å². The van der Waals surface area contributed by atoms with Crippen LogP contribution in [0, 0.1) is 11.6 Å². The minimum atomic E-state index is -1.11. The predicted molar refractivity (Wildman–Crippen MR) is 69.0 cm³/mol. The van der Waals surface area contributed by atoms with Crippen LogP contribution in [0.4, 0.5) is 8.78 Å². The lowest BCUT2D eigenvalue weighted by molar-refractivity contribution is 0.194. The second-order valence-corrected chi connectivity index (χ2v) is 4.79. The third-order valence-corrected chi connectivity index (χ3v) is 2.87. The van der Waals surface area contributed by atoms with Crippen molar-refractivity contribution in [2.75, 3.05) is 0 Å². The highest BCUT2D eigenvalue weighted by atomic mass is 79.9. The van der Waals surface area contributed by atoms with Gasteiger partial charge < -0.3 is 9.84 Å². The van der Waals surface area contributed by atoms with Crippen molar-refractivity contribution in [3.63, 3.8) is 0 Å². The molecule has 0 radical (unpaired) electrons. The fourth-order valence-electron chi connectivity index (χ4n) is 1.52. The summed E-state index contributed by atoms with van der Waals surface area (Å²) in [5.74, 6) is -2.40. The van der Waals surface area contributed by atoms with Crippen LogP contribution in [0.1, 0.15) is 18.6 Å². The Kier molecular flexibility index (Phi) is 4.11. The third kappa shape index (κ3) is 3.08. The highest BCUT2D eigenvalue weighted by Gasteiger charge is 2.16. The first-order valence-electron chi connectivity index (χ1n) is 5.44. The average molecular weight is 330 g/mol. The number of aliphatic hydroxyl groups is 1. The van der Waals surface area contributed by atoms with Crippen LogP contribution >= 0.6 is 15.9 Å². The summed E-state index contributed by atoms with van der Waals surface area (Å²) in [7, 11) is 0. The molecule has 0 bridgehead atoms. The molecule has 0 aliphatic rings. The molecule has 0 amide bonds. The van der Waals surface area contributed by atoms with Crippen LogP contribution in [0.3, 0.4) is 0 Å². The van der Waals surface area contributed by atoms with E-state index >= 15 is 0 Å². The lowest BCUT2D eigenvalue weighted by atomic mass is 10.2. The van der Waals surface area contributed by atoms with E-state index in [0.29, 0.717) is 10.0 Å². The van der Waals surface area contributed by atoms with E-state index in [1.54, 1.807) is 12.1 Å². The first-order chi connectivity index (χ1) is 8.99. The maximum atomic E-state index is 13.6. The zero-order chi connectivity index (χ0) is 14.0. The normalized spacial score (nSPS) is 12.3. The lowest BCUT2D eigenvalue weighted by Crippen LogP contribution is -2.00. The summed E-state index contributed by atoms with van der Waals surface area (Å²) in [6.07, 6.45) is 0.608. The standard InChI is InChI=1S/C13H10BrF2NO2/c1-7(18)9-3-2-4-17-13(9)19-11-6-8(14)5-10(15)12(11)16/h2-7,18H,1H3/t7-/m1/s1. The number of rotatable bonds is 3. The Morgan fingerprint density at radius 3 is 2.79 bits per heavy atom. The molecule has 0 fully saturated rings. The number of hydrogen-bond acceptors (Lipinski definition) is 3. The van der Waals surface area contributed by atoms with Gasteiger partial charge in [-0.05, 0) is 31.2 Å². The number of halogens is 3. The summed E-state index contributed by atoms with van der Waals surface area (Å²) >= 11 is 3.05. The molecule has 1 heterocycles. The summed E-state index contributed by atoms with van der Waals surface area (Å²) in [4.78, 5) is 3.91. The SMILES string of the molecule is C[C@@H](O)c1cccnc1Oc1cc(Br)cc(F)c1F. The molecule has 0 unspecified atom stereocenters. The number of benzene rings is 1. The Balaban J connectivity index is 2.42. The Hall–Kier alpha value is -1.53. The molecule has 0 spiro atoms. The van der Waals surface area contributed by atoms with E-state index in [1.807, 2.05) is 0 Å². The van der Waals surface area contributed by atoms with Gasteiger partial charge in [0, 0.05) is 16.2 Å². The number of hydrogen-bond donors (Lipinski definition) is 1. The monoisotopic (exact) mass is 329 g/mol. The summed E-state index contributed by atoms with van der Waals surface area (Å²) in [6, 6.07) is 5.50. The number of aliphatic hydroxyl groups excluding tert-OH is 1. The molecule has 2 rings (SSSR count). The van der Waals surface area contributed by atoms with Gasteiger partial charge in [0.15, 0.2) is 11.6 Å². The van der Waals surface area contributed by atoms with E-state index in [4.69, 9.17) is 4.74 Å². The quantitative estimate of drug-likeness (QED) is 0.866. The molecule has 0 saturated carbocycles. The van der Waals surface area contributed by atoms with Gasteiger partial charge in [-0.25, -0.2) is 9.37 Å². The third-order valence-electron chi connectivity index (χ3n) is 2.42. The Morgan fingerprint density at radius 2 is 2.11 bits per heavy atom. The van der Waals surface area contributed by atoms with Crippen molar-refractivity contribution in [2.24, 2.45) is 0 Å². The zero-order valence-electron chi connectivity index (χ0n) is 9.90. The summed E-state index contributed by atoms with van der Waals surface area (Å²) in [6.45, 7) is 1.53. The molecule has 1 N–H and O–H groups in total. The molecule has 1 aromatic carbocycles. The van der Waals surface area contributed by atoms with E-state index in [-0.39, 0.29) is 11.6 Å². The van der Waals surface area contributed by atoms with Crippen LogP contribution in [0.15, 0.2) is 34.9 Å². The zero-order valence-corrected chi connectivity index (χ0v) is 11.5. The van der Waals surface area contributed by atoms with Crippen molar-refractivity contribution in [3.05, 3.63) is 52.1 Å². The van der Waals surface area contributed by atoms with Crippen molar-refractivity contribution in [3.8, 4) is 11.6 Å². The Bertz CT molecular complexity index is 605. The van der Waals surface area contributed by atoms with Crippen LogP contribution < -0.4 is 4.74 Å². The molecule has 19 heavy (non-hydrogen) atoms. The van der Waals surface area contributed by atoms with E-state index in [9.17, 15) is 13.9 Å². The fourth-order valence-corrected chi connectivity index (χ4v) is 1.93. The summed E-state index contributed by atoms with van der Waals surface area (Å²) < 4.78 is 32.4. The van der Waals surface area contributed by atoms with Gasteiger partial charge in [-0.2, -0.15) is 4.39 Å². The number of ether oxygens (including phenoxy) is 1. The van der Waals surface area contributed by atoms with Gasteiger partial charge in [0.05, 0.1) is 6.10 Å². The first kappa shape index (κ1) is 13.9. The number of nitrogens with zero attached hydrogens (tertiary/aromatic N) is 1. The van der Waals surface area contributed by atoms with Gasteiger partial charge in [0.1, 0.15) is 0 Å². The van der Waals surface area contributed by atoms with Crippen LogP contribution in [-0.2, 0) is 0 Å². The van der Waals surface area contributed by atoms with E-state index in [1.165, 1.54) is 19.2 Å². The molecule has 2 aromatic rings. The molecule has 6 heteroatoms. The molecule has 0 saturated heterocycles. The maximum Gasteiger partial charge on any atom is 0.225 e. The first-order valence-corrected chi connectivity index (χ1v) is 6.23. The molecule has 100 valence electrons. The molecule has 0 aliphatic carbocycles. The van der Waals surface area contributed by atoms with E-state index in [0.717, 1.165) is 6.07 Å². The molecule has 1 atom stereocenters. The Labute approximate surface area is 117 Å². The van der Waals surface area contributed by atoms with Crippen LogP contribution in [0.5, 0.6) is 11.6 Å². The highest BCUT2D eigenvalue weighted by Crippen LogP contribution is 2.31. The molecular formula is C13H10BrF2NO2. The average Bonchev–Trinajstić information content (AvgIpc) is 2.35. The van der Waals surface area contributed by atoms with Gasteiger partial charge in [-0.15, -0.1) is 0 Å². The van der Waals surface area contributed by atoms with Gasteiger partial charge in [0.25, 0.3) is 0 Å². The lowest BCUT2D eigenvalue weighted by Gasteiger charge is -2.12. The minimum Gasteiger partial charge on any atom is -0.435 e. The van der Waals surface area contributed by atoms with Gasteiger partial charge in [0.2, 0.25) is 11.7 Å². The fraction of sp³-hybridized carbons (Fsp3) is 0.154. The van der Waals surface area contributed by atoms with Crippen molar-refractivity contribution in [1.82, 2.24) is 4.98 Å². The molecular weight excluding hydrogens is 320 g/mol. The molecule has 0 aliphatic heterocycles. The smallest absolute Gasteiger partial charge is 0.225 e. The topological polar surface area (TPSA) is 42.4 Å². The van der Waals surface area contributed by atoms with Crippen LogP contribution in [-0.4, -0.2) is 10.1 Å². The van der Waals surface area contributed by atoms with Crippen molar-refractivity contribution < 1.29 is 18.6 Å².